The number of amides is 2. The Bertz CT molecular complexity index is 534. The molecule has 0 heterocycles. The molecule has 1 fully saturated rings. The van der Waals surface area contributed by atoms with Crippen molar-refractivity contribution in [2.45, 2.75) is 31.7 Å². The Kier molecular flexibility index (Phi) is 5.39. The van der Waals surface area contributed by atoms with Gasteiger partial charge in [0.1, 0.15) is 0 Å². The lowest BCUT2D eigenvalue weighted by Gasteiger charge is -2.26. The molecule has 5 heteroatoms. The lowest BCUT2D eigenvalue weighted by atomic mass is 10.1. The van der Waals surface area contributed by atoms with Crippen LogP contribution in [0.5, 0.6) is 0 Å². The predicted octanol–water partition coefficient (Wildman–Crippen LogP) is 2.61. The third kappa shape index (κ3) is 4.60. The van der Waals surface area contributed by atoms with Gasteiger partial charge in [-0.05, 0) is 36.6 Å². The van der Waals surface area contributed by atoms with Gasteiger partial charge in [-0.15, -0.1) is 0 Å². The molecule has 0 unspecified atom stereocenters. The van der Waals surface area contributed by atoms with Crippen molar-refractivity contribution >= 4 is 29.5 Å². The van der Waals surface area contributed by atoms with Gasteiger partial charge in [0.2, 0.25) is 11.8 Å². The average Bonchev–Trinajstić information content (AvgIpc) is 2.97. The van der Waals surface area contributed by atoms with Crippen molar-refractivity contribution in [1.82, 2.24) is 4.90 Å². The molecule has 0 radical (unpaired) electrons. The largest absolute Gasteiger partial charge is 0.368 e. The monoisotopic (exact) mass is 306 g/mol. The van der Waals surface area contributed by atoms with Crippen LogP contribution in [-0.2, 0) is 9.59 Å². The summed E-state index contributed by atoms with van der Waals surface area (Å²) in [7, 11) is 0. The SMILES string of the molecule is NC(=O)CN(C(=O)/C=C/c1ccc(Cl)cc1)C1CCCC1. The van der Waals surface area contributed by atoms with Gasteiger partial charge in [0.05, 0.1) is 6.54 Å². The summed E-state index contributed by atoms with van der Waals surface area (Å²) in [5.41, 5.74) is 6.14. The second kappa shape index (κ2) is 7.27. The molecule has 1 saturated carbocycles. The summed E-state index contributed by atoms with van der Waals surface area (Å²) in [6.07, 6.45) is 7.27. The molecule has 0 atom stereocenters. The van der Waals surface area contributed by atoms with Crippen molar-refractivity contribution in [2.24, 2.45) is 5.73 Å². The molecule has 112 valence electrons. The van der Waals surface area contributed by atoms with Gasteiger partial charge in [0.15, 0.2) is 0 Å². The van der Waals surface area contributed by atoms with Gasteiger partial charge in [0, 0.05) is 17.1 Å². The summed E-state index contributed by atoms with van der Waals surface area (Å²) in [5, 5.41) is 0.653. The van der Waals surface area contributed by atoms with Crippen molar-refractivity contribution in [3.8, 4) is 0 Å². The normalized spacial score (nSPS) is 15.5. The zero-order chi connectivity index (χ0) is 15.2. The molecule has 0 aromatic heterocycles. The first-order valence-electron chi connectivity index (χ1n) is 7.09. The second-order valence-corrected chi connectivity index (χ2v) is 5.69. The second-order valence-electron chi connectivity index (χ2n) is 5.26. The number of hydrogen-bond acceptors (Lipinski definition) is 2. The first kappa shape index (κ1) is 15.6. The molecule has 0 saturated heterocycles. The van der Waals surface area contributed by atoms with E-state index in [0.717, 1.165) is 31.2 Å². The topological polar surface area (TPSA) is 63.4 Å². The highest BCUT2D eigenvalue weighted by Crippen LogP contribution is 2.23. The maximum Gasteiger partial charge on any atom is 0.247 e. The fourth-order valence-corrected chi connectivity index (χ4v) is 2.73. The fraction of sp³-hybridized carbons (Fsp3) is 0.375. The molecule has 4 nitrogen and oxygen atoms in total. The molecule has 1 aliphatic rings. The molecule has 1 aliphatic carbocycles. The Morgan fingerprint density at radius 2 is 1.86 bits per heavy atom. The van der Waals surface area contributed by atoms with Gasteiger partial charge in [-0.1, -0.05) is 36.6 Å². The number of benzene rings is 1. The summed E-state index contributed by atoms with van der Waals surface area (Å²) < 4.78 is 0. The van der Waals surface area contributed by atoms with Crippen LogP contribution in [0.25, 0.3) is 6.08 Å². The van der Waals surface area contributed by atoms with Gasteiger partial charge in [0.25, 0.3) is 0 Å². The van der Waals surface area contributed by atoms with Crippen molar-refractivity contribution in [3.63, 3.8) is 0 Å². The van der Waals surface area contributed by atoms with Crippen LogP contribution in [0, 0.1) is 0 Å². The van der Waals surface area contributed by atoms with Gasteiger partial charge >= 0.3 is 0 Å². The zero-order valence-corrected chi connectivity index (χ0v) is 12.6. The van der Waals surface area contributed by atoms with E-state index in [2.05, 4.69) is 0 Å². The third-order valence-corrected chi connectivity index (χ3v) is 3.92. The highest BCUT2D eigenvalue weighted by Gasteiger charge is 2.26. The average molecular weight is 307 g/mol. The maximum absolute atomic E-state index is 12.3. The summed E-state index contributed by atoms with van der Waals surface area (Å²) in [4.78, 5) is 25.1. The van der Waals surface area contributed by atoms with Gasteiger partial charge < -0.3 is 10.6 Å². The Balaban J connectivity index is 2.06. The van der Waals surface area contributed by atoms with E-state index in [4.69, 9.17) is 17.3 Å². The van der Waals surface area contributed by atoms with Crippen LogP contribution < -0.4 is 5.73 Å². The summed E-state index contributed by atoms with van der Waals surface area (Å²) in [5.74, 6) is -0.647. The smallest absolute Gasteiger partial charge is 0.247 e. The quantitative estimate of drug-likeness (QED) is 0.850. The lowest BCUT2D eigenvalue weighted by molar-refractivity contribution is -0.133. The molecule has 1 aromatic rings. The number of halogens is 1. The third-order valence-electron chi connectivity index (χ3n) is 3.66. The number of hydrogen-bond donors (Lipinski definition) is 1. The number of carbonyl (C=O) groups is 2. The Morgan fingerprint density at radius 1 is 1.24 bits per heavy atom. The summed E-state index contributed by atoms with van der Waals surface area (Å²) in [6, 6.07) is 7.33. The number of primary amides is 1. The van der Waals surface area contributed by atoms with E-state index >= 15 is 0 Å². The lowest BCUT2D eigenvalue weighted by Crippen LogP contribution is -2.43. The van der Waals surface area contributed by atoms with Crippen LogP contribution in [0.15, 0.2) is 30.3 Å². The molecular formula is C16H19ClN2O2. The number of nitrogens with two attached hydrogens (primary N) is 1. The van der Waals surface area contributed by atoms with Crippen LogP contribution in [-0.4, -0.2) is 29.3 Å². The molecule has 2 rings (SSSR count). The Morgan fingerprint density at radius 3 is 2.43 bits per heavy atom. The number of carbonyl (C=O) groups excluding carboxylic acids is 2. The highest BCUT2D eigenvalue weighted by atomic mass is 35.5. The van der Waals surface area contributed by atoms with Crippen molar-refractivity contribution in [2.75, 3.05) is 6.54 Å². The Labute approximate surface area is 129 Å². The molecule has 21 heavy (non-hydrogen) atoms. The Hall–Kier alpha value is -1.81. The number of rotatable bonds is 5. The van der Waals surface area contributed by atoms with Gasteiger partial charge in [-0.3, -0.25) is 9.59 Å². The van der Waals surface area contributed by atoms with Gasteiger partial charge in [-0.2, -0.15) is 0 Å². The molecule has 2 amide bonds. The minimum atomic E-state index is -0.477. The molecule has 1 aromatic carbocycles. The van der Waals surface area contributed by atoms with Crippen molar-refractivity contribution in [1.29, 1.82) is 0 Å². The zero-order valence-electron chi connectivity index (χ0n) is 11.8. The maximum atomic E-state index is 12.3. The van der Waals surface area contributed by atoms with E-state index in [-0.39, 0.29) is 18.5 Å². The van der Waals surface area contributed by atoms with Crippen molar-refractivity contribution in [3.05, 3.63) is 40.9 Å². The van der Waals surface area contributed by atoms with Gasteiger partial charge in [-0.25, -0.2) is 0 Å². The molecule has 0 aliphatic heterocycles. The van der Waals surface area contributed by atoms with Crippen LogP contribution in [0.2, 0.25) is 5.02 Å². The van der Waals surface area contributed by atoms with E-state index in [9.17, 15) is 9.59 Å². The molecule has 0 bridgehead atoms. The van der Waals surface area contributed by atoms with E-state index in [0.29, 0.717) is 5.02 Å². The first-order valence-corrected chi connectivity index (χ1v) is 7.46. The standard InChI is InChI=1S/C16H19ClN2O2/c17-13-8-5-12(6-9-13)7-10-16(21)19(11-15(18)20)14-3-1-2-4-14/h5-10,14H,1-4,11H2,(H2,18,20)/b10-7+. The fourth-order valence-electron chi connectivity index (χ4n) is 2.61. The first-order chi connectivity index (χ1) is 10.1. The summed E-state index contributed by atoms with van der Waals surface area (Å²) >= 11 is 5.82. The molecule has 2 N–H and O–H groups in total. The van der Waals surface area contributed by atoms with E-state index < -0.39 is 5.91 Å². The van der Waals surface area contributed by atoms with Crippen LogP contribution >= 0.6 is 11.6 Å². The van der Waals surface area contributed by atoms with Crippen LogP contribution in [0.4, 0.5) is 0 Å². The van der Waals surface area contributed by atoms with E-state index in [1.165, 1.54) is 6.08 Å². The predicted molar refractivity (Wildman–Crippen MR) is 83.6 cm³/mol. The van der Waals surface area contributed by atoms with E-state index in [1.807, 2.05) is 12.1 Å². The van der Waals surface area contributed by atoms with Crippen molar-refractivity contribution < 1.29 is 9.59 Å². The molecular weight excluding hydrogens is 288 g/mol. The minimum Gasteiger partial charge on any atom is -0.368 e. The minimum absolute atomic E-state index is 0.0194. The number of nitrogens with zero attached hydrogens (tertiary/aromatic N) is 1. The van der Waals surface area contributed by atoms with Crippen LogP contribution in [0.1, 0.15) is 31.2 Å². The molecule has 0 spiro atoms. The summed E-state index contributed by atoms with van der Waals surface area (Å²) in [6.45, 7) is -0.0194. The van der Waals surface area contributed by atoms with Crippen LogP contribution in [0.3, 0.4) is 0 Å². The van der Waals surface area contributed by atoms with E-state index in [1.54, 1.807) is 23.1 Å². The highest BCUT2D eigenvalue weighted by molar-refractivity contribution is 6.30.